The summed E-state index contributed by atoms with van der Waals surface area (Å²) in [5.41, 5.74) is 6.20. The van der Waals surface area contributed by atoms with Crippen molar-refractivity contribution in [1.29, 1.82) is 0 Å². The van der Waals surface area contributed by atoms with Crippen LogP contribution in [0, 0.1) is 0 Å². The van der Waals surface area contributed by atoms with Gasteiger partial charge in [-0.1, -0.05) is 6.92 Å². The Morgan fingerprint density at radius 3 is 2.33 bits per heavy atom. The number of methoxy groups -OCH3 is 1. The van der Waals surface area contributed by atoms with Crippen LogP contribution in [0.25, 0.3) is 0 Å². The van der Waals surface area contributed by atoms with Gasteiger partial charge in [-0.2, -0.15) is 0 Å². The maximum absolute atomic E-state index is 5.81. The zero-order valence-corrected chi connectivity index (χ0v) is 9.83. The highest BCUT2D eigenvalue weighted by atomic mass is 16.5. The first kappa shape index (κ1) is 11.7. The van der Waals surface area contributed by atoms with Crippen molar-refractivity contribution in [3.05, 3.63) is 18.2 Å². The fourth-order valence-corrected chi connectivity index (χ4v) is 1.16. The van der Waals surface area contributed by atoms with E-state index in [1.54, 1.807) is 19.2 Å². The quantitative estimate of drug-likeness (QED) is 0.775. The largest absolute Gasteiger partial charge is 0.497 e. The Hall–Kier alpha value is -1.38. The second-order valence-electron chi connectivity index (χ2n) is 4.16. The molecule has 0 heterocycles. The lowest BCUT2D eigenvalue weighted by atomic mass is 10.1. The van der Waals surface area contributed by atoms with Crippen LogP contribution in [-0.2, 0) is 0 Å². The van der Waals surface area contributed by atoms with Crippen molar-refractivity contribution in [2.24, 2.45) is 0 Å². The summed E-state index contributed by atoms with van der Waals surface area (Å²) in [7, 11) is 1.61. The number of nitrogen functional groups attached to an aromatic ring is 1. The van der Waals surface area contributed by atoms with Crippen LogP contribution >= 0.6 is 0 Å². The lowest BCUT2D eigenvalue weighted by Gasteiger charge is -2.25. The third-order valence-electron chi connectivity index (χ3n) is 2.38. The lowest BCUT2D eigenvalue weighted by molar-refractivity contribution is 0.105. The van der Waals surface area contributed by atoms with E-state index in [9.17, 15) is 0 Å². The molecule has 0 saturated carbocycles. The summed E-state index contributed by atoms with van der Waals surface area (Å²) in [6.45, 7) is 6.18. The Balaban J connectivity index is 2.90. The zero-order valence-electron chi connectivity index (χ0n) is 9.83. The minimum absolute atomic E-state index is 0.182. The molecule has 0 amide bonds. The minimum atomic E-state index is -0.182. The predicted octanol–water partition coefficient (Wildman–Crippen LogP) is 2.84. The van der Waals surface area contributed by atoms with Gasteiger partial charge in [-0.15, -0.1) is 0 Å². The van der Waals surface area contributed by atoms with Crippen molar-refractivity contribution in [2.75, 3.05) is 12.8 Å². The Bertz CT molecular complexity index is 334. The molecule has 0 aliphatic carbocycles. The van der Waals surface area contributed by atoms with E-state index in [0.717, 1.165) is 17.9 Å². The van der Waals surface area contributed by atoms with Crippen LogP contribution in [0.3, 0.4) is 0 Å². The average Bonchev–Trinajstić information content (AvgIpc) is 2.16. The summed E-state index contributed by atoms with van der Waals surface area (Å²) in [4.78, 5) is 0. The summed E-state index contributed by atoms with van der Waals surface area (Å²) >= 11 is 0. The molecule has 0 radical (unpaired) electrons. The van der Waals surface area contributed by atoms with Gasteiger partial charge in [-0.05, 0) is 20.3 Å². The summed E-state index contributed by atoms with van der Waals surface area (Å²) in [6.07, 6.45) is 0.935. The third-order valence-corrected chi connectivity index (χ3v) is 2.38. The molecule has 0 spiro atoms. The van der Waals surface area contributed by atoms with E-state index in [2.05, 4.69) is 6.92 Å². The van der Waals surface area contributed by atoms with Crippen LogP contribution in [0.2, 0.25) is 0 Å². The van der Waals surface area contributed by atoms with Crippen LogP contribution in [0.4, 0.5) is 5.69 Å². The number of hydrogen-bond donors (Lipinski definition) is 1. The molecule has 15 heavy (non-hydrogen) atoms. The molecule has 84 valence electrons. The van der Waals surface area contributed by atoms with Gasteiger partial charge in [-0.25, -0.2) is 0 Å². The molecule has 0 unspecified atom stereocenters. The molecule has 3 heteroatoms. The Labute approximate surface area is 91.2 Å². The summed E-state index contributed by atoms with van der Waals surface area (Å²) in [5, 5.41) is 0. The first-order valence-corrected chi connectivity index (χ1v) is 5.10. The molecule has 0 bridgehead atoms. The van der Waals surface area contributed by atoms with Gasteiger partial charge in [0.1, 0.15) is 17.1 Å². The SMILES string of the molecule is CCC(C)(C)Oc1cc(N)cc(OC)c1. The molecule has 1 aromatic rings. The van der Waals surface area contributed by atoms with Crippen molar-refractivity contribution in [3.8, 4) is 11.5 Å². The minimum Gasteiger partial charge on any atom is -0.497 e. The molecular weight excluding hydrogens is 190 g/mol. The first-order chi connectivity index (χ1) is 6.96. The second-order valence-corrected chi connectivity index (χ2v) is 4.16. The maximum Gasteiger partial charge on any atom is 0.125 e. The van der Waals surface area contributed by atoms with Crippen molar-refractivity contribution >= 4 is 5.69 Å². The van der Waals surface area contributed by atoms with Crippen LogP contribution in [-0.4, -0.2) is 12.7 Å². The topological polar surface area (TPSA) is 44.5 Å². The van der Waals surface area contributed by atoms with Gasteiger partial charge in [0.25, 0.3) is 0 Å². The van der Waals surface area contributed by atoms with Crippen LogP contribution < -0.4 is 15.2 Å². The van der Waals surface area contributed by atoms with Gasteiger partial charge in [0.2, 0.25) is 0 Å². The van der Waals surface area contributed by atoms with Gasteiger partial charge in [0.15, 0.2) is 0 Å². The molecule has 0 aromatic heterocycles. The lowest BCUT2D eigenvalue weighted by Crippen LogP contribution is -2.26. The van der Waals surface area contributed by atoms with E-state index in [0.29, 0.717) is 5.69 Å². The van der Waals surface area contributed by atoms with E-state index in [4.69, 9.17) is 15.2 Å². The Kier molecular flexibility index (Phi) is 3.45. The molecule has 0 aliphatic heterocycles. The van der Waals surface area contributed by atoms with E-state index < -0.39 is 0 Å². The van der Waals surface area contributed by atoms with E-state index in [-0.39, 0.29) is 5.60 Å². The monoisotopic (exact) mass is 209 g/mol. The van der Waals surface area contributed by atoms with Gasteiger partial charge in [0, 0.05) is 23.9 Å². The molecule has 0 atom stereocenters. The van der Waals surface area contributed by atoms with E-state index >= 15 is 0 Å². The number of hydrogen-bond acceptors (Lipinski definition) is 3. The average molecular weight is 209 g/mol. The van der Waals surface area contributed by atoms with Crippen molar-refractivity contribution < 1.29 is 9.47 Å². The van der Waals surface area contributed by atoms with Gasteiger partial charge < -0.3 is 15.2 Å². The molecule has 0 saturated heterocycles. The molecule has 3 nitrogen and oxygen atoms in total. The van der Waals surface area contributed by atoms with Crippen LogP contribution in [0.15, 0.2) is 18.2 Å². The molecule has 2 N–H and O–H groups in total. The van der Waals surface area contributed by atoms with E-state index in [1.807, 2.05) is 19.9 Å². The highest BCUT2D eigenvalue weighted by molar-refractivity contribution is 5.50. The maximum atomic E-state index is 5.81. The Morgan fingerprint density at radius 1 is 1.20 bits per heavy atom. The molecule has 0 aliphatic rings. The molecular formula is C12H19NO2. The van der Waals surface area contributed by atoms with Crippen LogP contribution in [0.5, 0.6) is 11.5 Å². The molecule has 1 rings (SSSR count). The number of benzene rings is 1. The van der Waals surface area contributed by atoms with Crippen LogP contribution in [0.1, 0.15) is 27.2 Å². The standard InChI is InChI=1S/C12H19NO2/c1-5-12(2,3)15-11-7-9(13)6-10(8-11)14-4/h6-8H,5,13H2,1-4H3. The summed E-state index contributed by atoms with van der Waals surface area (Å²) in [5.74, 6) is 1.47. The second kappa shape index (κ2) is 4.43. The highest BCUT2D eigenvalue weighted by Gasteiger charge is 2.17. The molecule has 0 fully saturated rings. The highest BCUT2D eigenvalue weighted by Crippen LogP contribution is 2.27. The predicted molar refractivity (Wildman–Crippen MR) is 62.4 cm³/mol. The number of nitrogens with two attached hydrogens (primary N) is 1. The fourth-order valence-electron chi connectivity index (χ4n) is 1.16. The normalized spacial score (nSPS) is 11.2. The van der Waals surface area contributed by atoms with Crippen molar-refractivity contribution in [1.82, 2.24) is 0 Å². The number of anilines is 1. The summed E-state index contributed by atoms with van der Waals surface area (Å²) < 4.78 is 10.9. The first-order valence-electron chi connectivity index (χ1n) is 5.10. The smallest absolute Gasteiger partial charge is 0.125 e. The van der Waals surface area contributed by atoms with Gasteiger partial charge >= 0.3 is 0 Å². The zero-order chi connectivity index (χ0) is 11.5. The van der Waals surface area contributed by atoms with Gasteiger partial charge in [-0.3, -0.25) is 0 Å². The van der Waals surface area contributed by atoms with Gasteiger partial charge in [0.05, 0.1) is 7.11 Å². The van der Waals surface area contributed by atoms with E-state index in [1.165, 1.54) is 0 Å². The van der Waals surface area contributed by atoms with Crippen molar-refractivity contribution in [2.45, 2.75) is 32.8 Å². The third kappa shape index (κ3) is 3.35. The number of ether oxygens (including phenoxy) is 2. The number of rotatable bonds is 4. The summed E-state index contributed by atoms with van der Waals surface area (Å²) in [6, 6.07) is 5.42. The Morgan fingerprint density at radius 2 is 1.80 bits per heavy atom. The van der Waals surface area contributed by atoms with Crippen molar-refractivity contribution in [3.63, 3.8) is 0 Å². The molecule has 1 aromatic carbocycles. The fraction of sp³-hybridized carbons (Fsp3) is 0.500.